The lowest BCUT2D eigenvalue weighted by Crippen LogP contribution is -2.23. The molecule has 0 saturated carbocycles. The van der Waals surface area contributed by atoms with Crippen molar-refractivity contribution in [2.45, 2.75) is 46.1 Å². The van der Waals surface area contributed by atoms with E-state index < -0.39 is 12.8 Å². The number of hydrogen-bond acceptors (Lipinski definition) is 4. The van der Waals surface area contributed by atoms with Crippen LogP contribution in [0.25, 0.3) is 0 Å². The van der Waals surface area contributed by atoms with Crippen LogP contribution in [-0.2, 0) is 9.47 Å². The Bertz CT molecular complexity index is 789. The number of hydrogen-bond donors (Lipinski definition) is 0. The van der Waals surface area contributed by atoms with Gasteiger partial charge < -0.3 is 14.4 Å². The predicted octanol–water partition coefficient (Wildman–Crippen LogP) is 5.92. The van der Waals surface area contributed by atoms with Gasteiger partial charge in [-0.2, -0.15) is 0 Å². The molecule has 0 fully saturated rings. The highest BCUT2D eigenvalue weighted by molar-refractivity contribution is 6.11. The van der Waals surface area contributed by atoms with E-state index in [4.69, 9.17) is 14.5 Å². The number of ether oxygens (including phenoxy) is 2. The highest BCUT2D eigenvalue weighted by Gasteiger charge is 2.22. The molecule has 0 aromatic heterocycles. The zero-order chi connectivity index (χ0) is 22.6. The first-order valence-corrected chi connectivity index (χ1v) is 11.3. The van der Waals surface area contributed by atoms with Gasteiger partial charge in [0.2, 0.25) is 0 Å². The van der Waals surface area contributed by atoms with Crippen LogP contribution in [0.5, 0.6) is 0 Å². The lowest BCUT2D eigenvalue weighted by Gasteiger charge is -2.24. The van der Waals surface area contributed by atoms with Crippen molar-refractivity contribution in [3.8, 4) is 0 Å². The van der Waals surface area contributed by atoms with Gasteiger partial charge in [-0.05, 0) is 50.5 Å². The van der Waals surface area contributed by atoms with Crippen LogP contribution in [0, 0.1) is 5.92 Å². The van der Waals surface area contributed by atoms with Gasteiger partial charge in [0.05, 0.1) is 18.0 Å². The van der Waals surface area contributed by atoms with E-state index in [-0.39, 0.29) is 12.5 Å². The minimum absolute atomic E-state index is 0.226. The summed E-state index contributed by atoms with van der Waals surface area (Å²) in [6.07, 6.45) is 16.5. The molecule has 0 bridgehead atoms. The third-order valence-electron chi connectivity index (χ3n) is 5.43. The van der Waals surface area contributed by atoms with Crippen molar-refractivity contribution in [2.24, 2.45) is 10.9 Å². The molecule has 1 heterocycles. The fourth-order valence-corrected chi connectivity index (χ4v) is 3.20. The predicted molar refractivity (Wildman–Crippen MR) is 128 cm³/mol. The Morgan fingerprint density at radius 3 is 2.87 bits per heavy atom. The zero-order valence-corrected chi connectivity index (χ0v) is 19.4. The van der Waals surface area contributed by atoms with Gasteiger partial charge in [-0.3, -0.25) is 4.99 Å². The number of alkyl halides is 1. The lowest BCUT2D eigenvalue weighted by molar-refractivity contribution is 0.00566. The maximum absolute atomic E-state index is 13.4. The Hall–Kier alpha value is -2.40. The summed E-state index contributed by atoms with van der Waals surface area (Å²) in [7, 11) is 2.02. The molecule has 0 aromatic carbocycles. The first kappa shape index (κ1) is 24.9. The summed E-state index contributed by atoms with van der Waals surface area (Å²) in [4.78, 5) is 6.96. The number of fused-ring (bicyclic) bond motifs is 1. The summed E-state index contributed by atoms with van der Waals surface area (Å²) < 4.78 is 24.8. The van der Waals surface area contributed by atoms with Gasteiger partial charge in [0.15, 0.2) is 6.10 Å². The summed E-state index contributed by atoms with van der Waals surface area (Å²) in [6, 6.07) is 0. The lowest BCUT2D eigenvalue weighted by atomic mass is 9.92. The third-order valence-corrected chi connectivity index (χ3v) is 5.43. The Balaban J connectivity index is 2.06. The molecule has 0 spiro atoms. The fourth-order valence-electron chi connectivity index (χ4n) is 3.20. The van der Waals surface area contributed by atoms with Gasteiger partial charge >= 0.3 is 0 Å². The van der Waals surface area contributed by atoms with Gasteiger partial charge in [-0.15, -0.1) is 0 Å². The van der Waals surface area contributed by atoms with Crippen molar-refractivity contribution in [1.29, 1.82) is 0 Å². The summed E-state index contributed by atoms with van der Waals surface area (Å²) >= 11 is 0. The minimum Gasteiger partial charge on any atom is -0.486 e. The van der Waals surface area contributed by atoms with Crippen molar-refractivity contribution < 1.29 is 13.9 Å². The van der Waals surface area contributed by atoms with Crippen LogP contribution in [0.2, 0.25) is 0 Å². The van der Waals surface area contributed by atoms with Crippen molar-refractivity contribution in [3.05, 3.63) is 71.8 Å². The largest absolute Gasteiger partial charge is 0.486 e. The van der Waals surface area contributed by atoms with E-state index in [1.807, 2.05) is 44.4 Å². The van der Waals surface area contributed by atoms with Crippen LogP contribution >= 0.6 is 0 Å². The third kappa shape index (κ3) is 7.66. The monoisotopic (exact) mass is 428 g/mol. The molecule has 2 atom stereocenters. The molecule has 0 saturated heterocycles. The van der Waals surface area contributed by atoms with Crippen LogP contribution in [0.4, 0.5) is 4.39 Å². The maximum Gasteiger partial charge on any atom is 0.150 e. The average Bonchev–Trinajstić information content (AvgIpc) is 2.80. The van der Waals surface area contributed by atoms with Crippen molar-refractivity contribution >= 4 is 5.71 Å². The maximum atomic E-state index is 13.4. The Morgan fingerprint density at radius 1 is 1.39 bits per heavy atom. The molecule has 4 nitrogen and oxygen atoms in total. The van der Waals surface area contributed by atoms with Gasteiger partial charge in [0.1, 0.15) is 12.4 Å². The van der Waals surface area contributed by atoms with E-state index in [0.29, 0.717) is 12.4 Å². The highest BCUT2D eigenvalue weighted by Crippen LogP contribution is 2.31. The number of rotatable bonds is 13. The minimum atomic E-state index is -0.588. The summed E-state index contributed by atoms with van der Waals surface area (Å²) in [5.41, 5.74) is 3.83. The van der Waals surface area contributed by atoms with Crippen molar-refractivity contribution in [3.63, 3.8) is 0 Å². The first-order chi connectivity index (χ1) is 15.0. The number of likely N-dealkylation sites (N-methyl/N-ethyl adjacent to an activating group) is 1. The molecule has 0 N–H and O–H groups in total. The number of halogens is 1. The van der Waals surface area contributed by atoms with E-state index in [2.05, 4.69) is 37.5 Å². The normalized spacial score (nSPS) is 19.5. The van der Waals surface area contributed by atoms with Crippen molar-refractivity contribution in [2.75, 3.05) is 33.5 Å². The summed E-state index contributed by atoms with van der Waals surface area (Å²) in [6.45, 7) is 11.5. The summed E-state index contributed by atoms with van der Waals surface area (Å²) in [5.74, 6) is 0.894. The molecule has 5 heteroatoms. The molecule has 0 radical (unpaired) electrons. The van der Waals surface area contributed by atoms with E-state index in [9.17, 15) is 4.39 Å². The van der Waals surface area contributed by atoms with E-state index in [1.165, 1.54) is 0 Å². The quantitative estimate of drug-likeness (QED) is 0.270. The topological polar surface area (TPSA) is 34.1 Å². The second-order valence-corrected chi connectivity index (χ2v) is 7.78. The highest BCUT2D eigenvalue weighted by atomic mass is 19.1. The van der Waals surface area contributed by atoms with Gasteiger partial charge in [-0.25, -0.2) is 4.39 Å². The van der Waals surface area contributed by atoms with E-state index in [0.717, 1.165) is 48.5 Å². The van der Waals surface area contributed by atoms with Gasteiger partial charge in [0, 0.05) is 37.9 Å². The second kappa shape index (κ2) is 13.1. The molecule has 2 aliphatic rings. The van der Waals surface area contributed by atoms with Crippen LogP contribution in [0.1, 0.15) is 40.0 Å². The van der Waals surface area contributed by atoms with Crippen LogP contribution in [0.3, 0.4) is 0 Å². The number of aliphatic imine (C=N–C) groups is 1. The Morgan fingerprint density at radius 2 is 2.19 bits per heavy atom. The molecule has 1 unspecified atom stereocenters. The van der Waals surface area contributed by atoms with Crippen LogP contribution in [0.15, 0.2) is 76.8 Å². The standard InChI is InChI=1S/C26H37FN2O2/c1-6-9-16-30-19-24(18-27)31-23-14-12-22-13-15-25(28-26(22)17-23)21(7-2)11-10-20(4)29(5)8-3/h7,10-11,13-15,17,22,24H,4,6,8-9,12,16,18-19H2,1-3,5H3/b11-10-,21-7+/t22-,24?/m0/s1. The van der Waals surface area contributed by atoms with Gasteiger partial charge in [0.25, 0.3) is 0 Å². The molecule has 170 valence electrons. The molecule has 0 amide bonds. The molecule has 0 aromatic rings. The molecule has 31 heavy (non-hydrogen) atoms. The smallest absolute Gasteiger partial charge is 0.150 e. The Kier molecular flexibility index (Phi) is 10.5. The number of unbranched alkanes of at least 4 members (excludes halogenated alkanes) is 1. The molecular weight excluding hydrogens is 391 g/mol. The molecule has 2 rings (SSSR count). The molecular formula is C26H37FN2O2. The Labute approximate surface area is 187 Å². The fraction of sp³-hybridized carbons (Fsp3) is 0.500. The number of nitrogens with zero attached hydrogens (tertiary/aromatic N) is 2. The zero-order valence-electron chi connectivity index (χ0n) is 19.4. The number of dihydropyridines is 1. The second-order valence-electron chi connectivity index (χ2n) is 7.78. The van der Waals surface area contributed by atoms with E-state index >= 15 is 0 Å². The van der Waals surface area contributed by atoms with Gasteiger partial charge in [-0.1, -0.05) is 38.2 Å². The van der Waals surface area contributed by atoms with Crippen molar-refractivity contribution in [1.82, 2.24) is 4.90 Å². The average molecular weight is 429 g/mol. The number of allylic oxidation sites excluding steroid dienone is 8. The summed E-state index contributed by atoms with van der Waals surface area (Å²) in [5, 5.41) is 0. The SMILES string of the molecule is C=C(/C=C\C(=C/C)C1=NC2=CC(OC(CF)COCCCC)=CC[C@H]2C=C1)N(C)CC. The molecule has 1 aliphatic carbocycles. The molecule has 1 aliphatic heterocycles. The first-order valence-electron chi connectivity index (χ1n) is 11.3. The van der Waals surface area contributed by atoms with Crippen LogP contribution in [-0.4, -0.2) is 50.2 Å². The van der Waals surface area contributed by atoms with Crippen LogP contribution < -0.4 is 0 Å². The van der Waals surface area contributed by atoms with E-state index in [1.54, 1.807) is 0 Å².